The van der Waals surface area contributed by atoms with Crippen molar-refractivity contribution in [2.75, 3.05) is 6.54 Å². The Morgan fingerprint density at radius 1 is 1.07 bits per heavy atom. The lowest BCUT2D eigenvalue weighted by atomic mass is 10.1. The summed E-state index contributed by atoms with van der Waals surface area (Å²) in [7, 11) is 0. The summed E-state index contributed by atoms with van der Waals surface area (Å²) in [5.41, 5.74) is 1.39. The van der Waals surface area contributed by atoms with Gasteiger partial charge in [-0.2, -0.15) is 18.3 Å². The average molecular weight is 440 g/mol. The van der Waals surface area contributed by atoms with Crippen molar-refractivity contribution in [3.63, 3.8) is 0 Å². The molecular weight excluding hydrogens is 422 g/mol. The van der Waals surface area contributed by atoms with Crippen molar-refractivity contribution in [3.8, 4) is 0 Å². The SMILES string of the molecule is Cc1nn(Cc2ccc(F)cc2)c(Cl)c1C(=O)NCCc1ccc(C(F)(F)F)cc1. The lowest BCUT2D eigenvalue weighted by Gasteiger charge is -2.08. The van der Waals surface area contributed by atoms with E-state index in [0.29, 0.717) is 17.7 Å². The molecule has 1 aromatic heterocycles. The maximum absolute atomic E-state index is 13.0. The molecule has 0 radical (unpaired) electrons. The molecule has 0 aliphatic heterocycles. The Bertz CT molecular complexity index is 1030. The third kappa shape index (κ3) is 5.18. The minimum atomic E-state index is -4.38. The highest BCUT2D eigenvalue weighted by molar-refractivity contribution is 6.33. The van der Waals surface area contributed by atoms with Gasteiger partial charge in [-0.1, -0.05) is 35.9 Å². The molecule has 0 saturated carbocycles. The zero-order valence-electron chi connectivity index (χ0n) is 15.9. The molecule has 0 aliphatic rings. The van der Waals surface area contributed by atoms with E-state index in [4.69, 9.17) is 11.6 Å². The number of halogens is 5. The van der Waals surface area contributed by atoms with E-state index in [1.165, 1.54) is 28.9 Å². The summed E-state index contributed by atoms with van der Waals surface area (Å²) in [5.74, 6) is -0.774. The van der Waals surface area contributed by atoms with Crippen LogP contribution >= 0.6 is 11.6 Å². The van der Waals surface area contributed by atoms with Crippen molar-refractivity contribution >= 4 is 17.5 Å². The van der Waals surface area contributed by atoms with Gasteiger partial charge < -0.3 is 5.32 Å². The third-order valence-corrected chi connectivity index (χ3v) is 4.90. The smallest absolute Gasteiger partial charge is 0.352 e. The number of aromatic nitrogens is 2. The Labute approximate surface area is 175 Å². The van der Waals surface area contributed by atoms with Crippen LogP contribution in [0.15, 0.2) is 48.5 Å². The number of amides is 1. The van der Waals surface area contributed by atoms with E-state index in [-0.39, 0.29) is 29.6 Å². The molecular formula is C21H18ClF4N3O. The number of nitrogens with zero attached hydrogens (tertiary/aromatic N) is 2. The Kier molecular flexibility index (Phi) is 6.45. The summed E-state index contributed by atoms with van der Waals surface area (Å²) in [6.45, 7) is 2.15. The lowest BCUT2D eigenvalue weighted by Crippen LogP contribution is -2.26. The van der Waals surface area contributed by atoms with Crippen LogP contribution < -0.4 is 5.32 Å². The van der Waals surface area contributed by atoms with E-state index in [2.05, 4.69) is 10.4 Å². The van der Waals surface area contributed by atoms with Crippen LogP contribution in [0, 0.1) is 12.7 Å². The molecule has 1 amide bonds. The number of carbonyl (C=O) groups is 1. The largest absolute Gasteiger partial charge is 0.416 e. The zero-order valence-corrected chi connectivity index (χ0v) is 16.7. The second-order valence-corrected chi connectivity index (χ2v) is 7.09. The van der Waals surface area contributed by atoms with Gasteiger partial charge in [-0.05, 0) is 48.7 Å². The Balaban J connectivity index is 1.61. The average Bonchev–Trinajstić information content (AvgIpc) is 2.96. The Morgan fingerprint density at radius 2 is 1.67 bits per heavy atom. The molecule has 1 N–H and O–H groups in total. The number of hydrogen-bond acceptors (Lipinski definition) is 2. The fraction of sp³-hybridized carbons (Fsp3) is 0.238. The first kappa shape index (κ1) is 21.8. The first-order valence-electron chi connectivity index (χ1n) is 9.07. The van der Waals surface area contributed by atoms with E-state index in [1.807, 2.05) is 0 Å². The topological polar surface area (TPSA) is 46.9 Å². The number of alkyl halides is 3. The van der Waals surface area contributed by atoms with E-state index >= 15 is 0 Å². The molecule has 3 aromatic rings. The molecule has 0 unspecified atom stereocenters. The zero-order chi connectivity index (χ0) is 21.9. The van der Waals surface area contributed by atoms with Crippen LogP contribution in [0.5, 0.6) is 0 Å². The molecule has 158 valence electrons. The van der Waals surface area contributed by atoms with Crippen molar-refractivity contribution in [1.82, 2.24) is 15.1 Å². The maximum atomic E-state index is 13.0. The van der Waals surface area contributed by atoms with E-state index in [1.54, 1.807) is 19.1 Å². The summed E-state index contributed by atoms with van der Waals surface area (Å²) in [6.07, 6.45) is -4.01. The van der Waals surface area contributed by atoms with Crippen LogP contribution in [0.3, 0.4) is 0 Å². The molecule has 0 saturated heterocycles. The van der Waals surface area contributed by atoms with Gasteiger partial charge in [-0.3, -0.25) is 4.79 Å². The van der Waals surface area contributed by atoms with Crippen LogP contribution in [0.25, 0.3) is 0 Å². The molecule has 1 heterocycles. The summed E-state index contributed by atoms with van der Waals surface area (Å²) in [5, 5.41) is 7.14. The van der Waals surface area contributed by atoms with Crippen molar-refractivity contribution in [1.29, 1.82) is 0 Å². The first-order chi connectivity index (χ1) is 14.1. The Hall–Kier alpha value is -2.87. The molecule has 4 nitrogen and oxygen atoms in total. The van der Waals surface area contributed by atoms with Crippen LogP contribution in [0.2, 0.25) is 5.15 Å². The van der Waals surface area contributed by atoms with Gasteiger partial charge in [0, 0.05) is 6.54 Å². The number of aryl methyl sites for hydroxylation is 1. The van der Waals surface area contributed by atoms with Crippen LogP contribution in [-0.2, 0) is 19.1 Å². The fourth-order valence-electron chi connectivity index (χ4n) is 2.95. The minimum absolute atomic E-state index is 0.156. The molecule has 0 spiro atoms. The van der Waals surface area contributed by atoms with E-state index in [9.17, 15) is 22.4 Å². The van der Waals surface area contributed by atoms with Gasteiger partial charge in [0.15, 0.2) is 0 Å². The monoisotopic (exact) mass is 439 g/mol. The summed E-state index contributed by atoms with van der Waals surface area (Å²) < 4.78 is 52.3. The predicted octanol–water partition coefficient (Wildman–Crippen LogP) is 5.02. The van der Waals surface area contributed by atoms with Gasteiger partial charge in [-0.25, -0.2) is 9.07 Å². The number of carbonyl (C=O) groups excluding carboxylic acids is 1. The van der Waals surface area contributed by atoms with Crippen LogP contribution in [0.4, 0.5) is 17.6 Å². The number of benzene rings is 2. The fourth-order valence-corrected chi connectivity index (χ4v) is 3.27. The van der Waals surface area contributed by atoms with Gasteiger partial charge in [0.1, 0.15) is 11.0 Å². The highest BCUT2D eigenvalue weighted by Gasteiger charge is 2.29. The minimum Gasteiger partial charge on any atom is -0.352 e. The third-order valence-electron chi connectivity index (χ3n) is 4.52. The maximum Gasteiger partial charge on any atom is 0.416 e. The predicted molar refractivity (Wildman–Crippen MR) is 105 cm³/mol. The normalized spacial score (nSPS) is 11.5. The second kappa shape index (κ2) is 8.87. The molecule has 2 aromatic carbocycles. The van der Waals surface area contributed by atoms with Gasteiger partial charge in [0.2, 0.25) is 0 Å². The van der Waals surface area contributed by atoms with Gasteiger partial charge in [0.25, 0.3) is 5.91 Å². The summed E-state index contributed by atoms with van der Waals surface area (Å²) in [4.78, 5) is 12.5. The van der Waals surface area contributed by atoms with Crippen molar-refractivity contribution in [2.45, 2.75) is 26.1 Å². The molecule has 0 bridgehead atoms. The summed E-state index contributed by atoms with van der Waals surface area (Å²) in [6, 6.07) is 10.7. The van der Waals surface area contributed by atoms with Gasteiger partial charge in [-0.15, -0.1) is 0 Å². The van der Waals surface area contributed by atoms with Gasteiger partial charge in [0.05, 0.1) is 23.4 Å². The Morgan fingerprint density at radius 3 is 2.27 bits per heavy atom. The quantitative estimate of drug-likeness (QED) is 0.548. The lowest BCUT2D eigenvalue weighted by molar-refractivity contribution is -0.137. The van der Waals surface area contributed by atoms with Crippen molar-refractivity contribution in [2.24, 2.45) is 0 Å². The second-order valence-electron chi connectivity index (χ2n) is 6.74. The van der Waals surface area contributed by atoms with Gasteiger partial charge >= 0.3 is 6.18 Å². The molecule has 0 atom stereocenters. The van der Waals surface area contributed by atoms with E-state index < -0.39 is 17.6 Å². The summed E-state index contributed by atoms with van der Waals surface area (Å²) >= 11 is 6.32. The first-order valence-corrected chi connectivity index (χ1v) is 9.44. The number of nitrogens with one attached hydrogen (secondary N) is 1. The van der Waals surface area contributed by atoms with Crippen molar-refractivity contribution in [3.05, 3.63) is 87.4 Å². The van der Waals surface area contributed by atoms with Crippen LogP contribution in [0.1, 0.15) is 32.7 Å². The number of rotatable bonds is 6. The molecule has 30 heavy (non-hydrogen) atoms. The van der Waals surface area contributed by atoms with Crippen molar-refractivity contribution < 1.29 is 22.4 Å². The highest BCUT2D eigenvalue weighted by Crippen LogP contribution is 2.29. The molecule has 0 fully saturated rings. The molecule has 9 heteroatoms. The molecule has 3 rings (SSSR count). The number of hydrogen-bond donors (Lipinski definition) is 1. The standard InChI is InChI=1S/C21H18ClF4N3O/c1-13-18(19(22)29(28-13)12-15-4-8-17(23)9-5-15)20(30)27-11-10-14-2-6-16(7-3-14)21(24,25)26/h2-9H,10-12H2,1H3,(H,27,30). The van der Waals surface area contributed by atoms with Crippen LogP contribution in [-0.4, -0.2) is 22.2 Å². The highest BCUT2D eigenvalue weighted by atomic mass is 35.5. The molecule has 0 aliphatic carbocycles. The van der Waals surface area contributed by atoms with E-state index in [0.717, 1.165) is 17.7 Å².